The van der Waals surface area contributed by atoms with Gasteiger partial charge in [-0.05, 0) is 52.9 Å². The van der Waals surface area contributed by atoms with Crippen LogP contribution in [-0.4, -0.2) is 28.2 Å². The second-order valence-corrected chi connectivity index (χ2v) is 5.65. The van der Waals surface area contributed by atoms with Crippen molar-refractivity contribution in [2.45, 2.75) is 6.42 Å². The Morgan fingerprint density at radius 1 is 0.684 bits per heavy atom. The minimum absolute atomic E-state index is 1.06. The molecule has 1 aliphatic rings. The molecule has 0 aromatic heterocycles. The standard InChI is InChI=1S/C17H20N2/c1-18(2)14-7-5-12-9-13-6-8-15(19(3)4)11-17(13)16(12)10-14/h5-8,10-11H,9H2,1-4H3. The summed E-state index contributed by atoms with van der Waals surface area (Å²) in [6, 6.07) is 13.6. The number of hydrogen-bond acceptors (Lipinski definition) is 2. The van der Waals surface area contributed by atoms with E-state index in [0.717, 1.165) is 6.42 Å². The van der Waals surface area contributed by atoms with Gasteiger partial charge in [-0.1, -0.05) is 12.1 Å². The van der Waals surface area contributed by atoms with Gasteiger partial charge >= 0.3 is 0 Å². The first kappa shape index (κ1) is 12.1. The normalized spacial score (nSPS) is 12.0. The molecule has 0 spiro atoms. The van der Waals surface area contributed by atoms with Crippen LogP contribution in [0.2, 0.25) is 0 Å². The molecule has 2 aromatic rings. The smallest absolute Gasteiger partial charge is 0.0367 e. The van der Waals surface area contributed by atoms with Gasteiger partial charge in [-0.15, -0.1) is 0 Å². The minimum Gasteiger partial charge on any atom is -0.378 e. The molecule has 0 N–H and O–H groups in total. The van der Waals surface area contributed by atoms with E-state index in [4.69, 9.17) is 0 Å². The zero-order valence-corrected chi connectivity index (χ0v) is 12.1. The molecule has 1 aliphatic carbocycles. The van der Waals surface area contributed by atoms with Crippen LogP contribution in [0, 0.1) is 0 Å². The number of rotatable bonds is 2. The molecule has 0 saturated heterocycles. The van der Waals surface area contributed by atoms with Gasteiger partial charge in [0.05, 0.1) is 0 Å². The summed E-state index contributed by atoms with van der Waals surface area (Å²) < 4.78 is 0. The average Bonchev–Trinajstić information content (AvgIpc) is 2.75. The lowest BCUT2D eigenvalue weighted by Crippen LogP contribution is -2.09. The van der Waals surface area contributed by atoms with E-state index in [0.29, 0.717) is 0 Å². The SMILES string of the molecule is CN(C)c1ccc2c(c1)-c1cc(N(C)C)ccc1C2. The van der Waals surface area contributed by atoms with E-state index in [9.17, 15) is 0 Å². The van der Waals surface area contributed by atoms with Gasteiger partial charge in [0.15, 0.2) is 0 Å². The molecular weight excluding hydrogens is 232 g/mol. The molecule has 2 nitrogen and oxygen atoms in total. The topological polar surface area (TPSA) is 6.48 Å². The summed E-state index contributed by atoms with van der Waals surface area (Å²) in [5.74, 6) is 0. The Hall–Kier alpha value is -1.96. The van der Waals surface area contributed by atoms with Gasteiger partial charge in [0.1, 0.15) is 0 Å². The number of nitrogens with zero attached hydrogens (tertiary/aromatic N) is 2. The summed E-state index contributed by atoms with van der Waals surface area (Å²) in [5.41, 5.74) is 8.20. The molecule has 0 bridgehead atoms. The molecule has 19 heavy (non-hydrogen) atoms. The first-order valence-electron chi connectivity index (χ1n) is 6.67. The third kappa shape index (κ3) is 1.97. The molecular formula is C17H20N2. The van der Waals surface area contributed by atoms with Crippen LogP contribution in [0.3, 0.4) is 0 Å². The van der Waals surface area contributed by atoms with Gasteiger partial charge in [0, 0.05) is 39.6 Å². The van der Waals surface area contributed by atoms with Crippen molar-refractivity contribution in [3.8, 4) is 11.1 Å². The number of hydrogen-bond donors (Lipinski definition) is 0. The summed E-state index contributed by atoms with van der Waals surface area (Å²) in [4.78, 5) is 4.32. The second-order valence-electron chi connectivity index (χ2n) is 5.65. The second kappa shape index (κ2) is 4.30. The minimum atomic E-state index is 1.06. The van der Waals surface area contributed by atoms with Gasteiger partial charge in [0.25, 0.3) is 0 Å². The van der Waals surface area contributed by atoms with Crippen molar-refractivity contribution in [3.63, 3.8) is 0 Å². The fraction of sp³-hybridized carbons (Fsp3) is 0.294. The van der Waals surface area contributed by atoms with Gasteiger partial charge in [-0.25, -0.2) is 0 Å². The molecule has 98 valence electrons. The lowest BCUT2D eigenvalue weighted by molar-refractivity contribution is 1.13. The van der Waals surface area contributed by atoms with E-state index < -0.39 is 0 Å². The van der Waals surface area contributed by atoms with E-state index >= 15 is 0 Å². The quantitative estimate of drug-likeness (QED) is 0.690. The summed E-state index contributed by atoms with van der Waals surface area (Å²) >= 11 is 0. The summed E-state index contributed by atoms with van der Waals surface area (Å²) in [5, 5.41) is 0. The van der Waals surface area contributed by atoms with E-state index in [1.165, 1.54) is 33.6 Å². The van der Waals surface area contributed by atoms with Crippen molar-refractivity contribution in [1.82, 2.24) is 0 Å². The number of fused-ring (bicyclic) bond motifs is 3. The van der Waals surface area contributed by atoms with E-state index in [-0.39, 0.29) is 0 Å². The highest BCUT2D eigenvalue weighted by Gasteiger charge is 2.19. The monoisotopic (exact) mass is 252 g/mol. The number of benzene rings is 2. The zero-order valence-electron chi connectivity index (χ0n) is 12.1. The van der Waals surface area contributed by atoms with Crippen molar-refractivity contribution in [2.24, 2.45) is 0 Å². The molecule has 2 aromatic carbocycles. The zero-order chi connectivity index (χ0) is 13.6. The Kier molecular flexibility index (Phi) is 2.74. The van der Waals surface area contributed by atoms with Gasteiger partial charge < -0.3 is 9.80 Å². The van der Waals surface area contributed by atoms with Crippen molar-refractivity contribution in [1.29, 1.82) is 0 Å². The Bertz CT molecular complexity index is 572. The fourth-order valence-corrected chi connectivity index (χ4v) is 2.70. The molecule has 0 saturated carbocycles. The van der Waals surface area contributed by atoms with Gasteiger partial charge in [-0.3, -0.25) is 0 Å². The van der Waals surface area contributed by atoms with E-state index in [1.807, 2.05) is 0 Å². The molecule has 0 radical (unpaired) electrons. The maximum atomic E-state index is 2.31. The van der Waals surface area contributed by atoms with Gasteiger partial charge in [-0.2, -0.15) is 0 Å². The highest BCUT2D eigenvalue weighted by Crippen LogP contribution is 2.40. The number of anilines is 2. The summed E-state index contributed by atoms with van der Waals surface area (Å²) in [7, 11) is 8.36. The summed E-state index contributed by atoms with van der Waals surface area (Å²) in [6.07, 6.45) is 1.06. The first-order chi connectivity index (χ1) is 9.06. The maximum absolute atomic E-state index is 2.31. The van der Waals surface area contributed by atoms with Crippen LogP contribution in [0.15, 0.2) is 36.4 Å². The highest BCUT2D eigenvalue weighted by atomic mass is 15.1. The van der Waals surface area contributed by atoms with Crippen LogP contribution in [0.1, 0.15) is 11.1 Å². The molecule has 0 amide bonds. The Labute approximate surface area is 115 Å². The first-order valence-corrected chi connectivity index (χ1v) is 6.67. The predicted octanol–water partition coefficient (Wildman–Crippen LogP) is 3.39. The Morgan fingerprint density at radius 3 is 1.47 bits per heavy atom. The Morgan fingerprint density at radius 2 is 1.11 bits per heavy atom. The van der Waals surface area contributed by atoms with Gasteiger partial charge in [0.2, 0.25) is 0 Å². The predicted molar refractivity (Wildman–Crippen MR) is 83.3 cm³/mol. The maximum Gasteiger partial charge on any atom is 0.0367 e. The molecule has 0 fully saturated rings. The van der Waals surface area contributed by atoms with Crippen molar-refractivity contribution < 1.29 is 0 Å². The van der Waals surface area contributed by atoms with E-state index in [1.54, 1.807) is 0 Å². The van der Waals surface area contributed by atoms with Crippen LogP contribution in [0.4, 0.5) is 11.4 Å². The lowest BCUT2D eigenvalue weighted by atomic mass is 10.0. The highest BCUT2D eigenvalue weighted by molar-refractivity contribution is 5.82. The molecule has 2 heteroatoms. The molecule has 0 aliphatic heterocycles. The van der Waals surface area contributed by atoms with Crippen LogP contribution >= 0.6 is 0 Å². The van der Waals surface area contributed by atoms with Crippen molar-refractivity contribution in [3.05, 3.63) is 47.5 Å². The average molecular weight is 252 g/mol. The van der Waals surface area contributed by atoms with Crippen LogP contribution in [0.25, 0.3) is 11.1 Å². The van der Waals surface area contributed by atoms with Crippen LogP contribution in [-0.2, 0) is 6.42 Å². The fourth-order valence-electron chi connectivity index (χ4n) is 2.70. The lowest BCUT2D eigenvalue weighted by Gasteiger charge is -2.15. The third-order valence-corrected chi connectivity index (χ3v) is 3.89. The molecule has 0 atom stereocenters. The Balaban J connectivity index is 2.14. The summed E-state index contributed by atoms with van der Waals surface area (Å²) in [6.45, 7) is 0. The largest absolute Gasteiger partial charge is 0.378 e. The molecule has 0 heterocycles. The van der Waals surface area contributed by atoms with Crippen molar-refractivity contribution in [2.75, 3.05) is 38.0 Å². The van der Waals surface area contributed by atoms with Crippen LogP contribution in [0.5, 0.6) is 0 Å². The molecule has 3 rings (SSSR count). The third-order valence-electron chi connectivity index (χ3n) is 3.89. The van der Waals surface area contributed by atoms with Crippen LogP contribution < -0.4 is 9.80 Å². The van der Waals surface area contributed by atoms with Crippen molar-refractivity contribution >= 4 is 11.4 Å². The van der Waals surface area contributed by atoms with E-state index in [2.05, 4.69) is 74.4 Å². The molecule has 0 unspecified atom stereocenters.